The van der Waals surface area contributed by atoms with Crippen molar-refractivity contribution in [3.8, 4) is 5.75 Å². The number of ketones is 1. The van der Waals surface area contributed by atoms with Crippen LogP contribution in [0, 0.1) is 0 Å². The predicted molar refractivity (Wildman–Crippen MR) is 102 cm³/mol. The topological polar surface area (TPSA) is 66.4 Å². The van der Waals surface area contributed by atoms with E-state index in [-0.39, 0.29) is 35.3 Å². The van der Waals surface area contributed by atoms with Crippen molar-refractivity contribution in [1.82, 2.24) is 0 Å². The van der Waals surface area contributed by atoms with Crippen molar-refractivity contribution in [1.29, 1.82) is 0 Å². The summed E-state index contributed by atoms with van der Waals surface area (Å²) in [6.07, 6.45) is 9.68. The summed E-state index contributed by atoms with van der Waals surface area (Å²) in [5.74, 6) is -0.595. The number of carboxylic acid groups (broad SMARTS) is 1. The van der Waals surface area contributed by atoms with Crippen LogP contribution in [0.2, 0.25) is 0 Å². The first kappa shape index (κ1) is 26.2. The van der Waals surface area contributed by atoms with Gasteiger partial charge in [0.25, 0.3) is 0 Å². The number of benzene rings is 1. The molecule has 0 bridgehead atoms. The van der Waals surface area contributed by atoms with E-state index < -0.39 is 12.1 Å². The van der Waals surface area contributed by atoms with Gasteiger partial charge in [-0.2, -0.15) is 0 Å². The molecular formula is C22H33NaO4. The maximum atomic E-state index is 12.1. The Morgan fingerprint density at radius 1 is 0.889 bits per heavy atom. The van der Waals surface area contributed by atoms with E-state index in [0.717, 1.165) is 38.5 Å². The van der Waals surface area contributed by atoms with E-state index in [1.165, 1.54) is 19.3 Å². The van der Waals surface area contributed by atoms with Gasteiger partial charge in [-0.05, 0) is 43.5 Å². The molecule has 0 amide bonds. The van der Waals surface area contributed by atoms with Gasteiger partial charge in [0.15, 0.2) is 5.78 Å². The van der Waals surface area contributed by atoms with Crippen molar-refractivity contribution in [2.75, 3.05) is 0 Å². The molecular weight excluding hydrogens is 351 g/mol. The molecule has 4 nitrogen and oxygen atoms in total. The summed E-state index contributed by atoms with van der Waals surface area (Å²) in [4.78, 5) is 23.4. The number of carboxylic acids is 1. The molecule has 0 spiro atoms. The van der Waals surface area contributed by atoms with Crippen molar-refractivity contribution in [3.63, 3.8) is 0 Å². The zero-order valence-corrected chi connectivity index (χ0v) is 19.3. The van der Waals surface area contributed by atoms with Gasteiger partial charge in [-0.1, -0.05) is 58.8 Å². The summed E-state index contributed by atoms with van der Waals surface area (Å²) < 4.78 is 5.56. The molecule has 1 rings (SSSR count). The number of Topliss-reactive ketones (excluding diaryl/α,β-unsaturated/α-hetero) is 1. The van der Waals surface area contributed by atoms with Gasteiger partial charge >= 0.3 is 29.6 Å². The Morgan fingerprint density at radius 3 is 2.04 bits per heavy atom. The van der Waals surface area contributed by atoms with Crippen molar-refractivity contribution >= 4 is 11.8 Å². The quantitative estimate of drug-likeness (QED) is 0.262. The van der Waals surface area contributed by atoms with Gasteiger partial charge in [0.2, 0.25) is 0 Å². The van der Waals surface area contributed by atoms with Crippen LogP contribution < -0.4 is 39.4 Å². The van der Waals surface area contributed by atoms with E-state index in [2.05, 4.69) is 13.8 Å². The molecule has 0 saturated carbocycles. The number of carbonyl (C=O) groups is 2. The van der Waals surface area contributed by atoms with Gasteiger partial charge in [0, 0.05) is 12.0 Å². The first-order chi connectivity index (χ1) is 12.6. The molecule has 0 aliphatic carbocycles. The molecule has 0 heterocycles. The van der Waals surface area contributed by atoms with Crippen LogP contribution >= 0.6 is 0 Å². The Hall–Kier alpha value is -0.840. The average molecular weight is 384 g/mol. The summed E-state index contributed by atoms with van der Waals surface area (Å²) >= 11 is 0. The monoisotopic (exact) mass is 384 g/mol. The molecule has 0 N–H and O–H groups in total. The molecule has 0 aromatic heterocycles. The first-order valence-corrected chi connectivity index (χ1v) is 10.1. The second-order valence-corrected chi connectivity index (χ2v) is 6.89. The van der Waals surface area contributed by atoms with E-state index in [9.17, 15) is 14.7 Å². The maximum Gasteiger partial charge on any atom is 1.00 e. The number of ether oxygens (including phenoxy) is 1. The molecule has 27 heavy (non-hydrogen) atoms. The third kappa shape index (κ3) is 11.6. The van der Waals surface area contributed by atoms with Crippen molar-refractivity contribution in [2.24, 2.45) is 0 Å². The van der Waals surface area contributed by atoms with E-state index in [4.69, 9.17) is 4.74 Å². The van der Waals surface area contributed by atoms with Crippen LogP contribution in [0.15, 0.2) is 24.3 Å². The van der Waals surface area contributed by atoms with Crippen molar-refractivity contribution in [3.05, 3.63) is 29.8 Å². The fraction of sp³-hybridized carbons (Fsp3) is 0.636. The van der Waals surface area contributed by atoms with Gasteiger partial charge in [0.1, 0.15) is 11.9 Å². The largest absolute Gasteiger partial charge is 1.00 e. The molecule has 0 saturated heterocycles. The molecule has 1 atom stereocenters. The predicted octanol–water partition coefficient (Wildman–Crippen LogP) is 1.70. The smallest absolute Gasteiger partial charge is 0.546 e. The standard InChI is InChI=1S/C22H34O4.Na/c1-3-5-7-8-9-11-13-21(22(24)25)26-19-16-14-18(15-17-19)20(23)12-10-6-4-2;/h14-17,21H,3-13H2,1-2H3,(H,24,25);/q;+1/p-1. The van der Waals surface area contributed by atoms with Gasteiger partial charge in [-0.15, -0.1) is 0 Å². The molecule has 1 unspecified atom stereocenters. The number of carbonyl (C=O) groups excluding carboxylic acids is 2. The molecule has 0 fully saturated rings. The van der Waals surface area contributed by atoms with Crippen LogP contribution in [0.3, 0.4) is 0 Å². The number of hydrogen-bond acceptors (Lipinski definition) is 4. The summed E-state index contributed by atoms with van der Waals surface area (Å²) in [5.41, 5.74) is 0.648. The van der Waals surface area contributed by atoms with Crippen LogP contribution in [0.25, 0.3) is 0 Å². The van der Waals surface area contributed by atoms with Crippen LogP contribution in [0.5, 0.6) is 5.75 Å². The molecule has 146 valence electrons. The maximum absolute atomic E-state index is 12.1. The Morgan fingerprint density at radius 2 is 1.44 bits per heavy atom. The molecule has 1 aromatic rings. The van der Waals surface area contributed by atoms with Crippen molar-refractivity contribution < 1.29 is 49.0 Å². The zero-order chi connectivity index (χ0) is 19.2. The van der Waals surface area contributed by atoms with Crippen molar-refractivity contribution in [2.45, 2.75) is 90.6 Å². The number of rotatable bonds is 15. The van der Waals surface area contributed by atoms with E-state index >= 15 is 0 Å². The summed E-state index contributed by atoms with van der Waals surface area (Å²) in [6, 6.07) is 6.76. The fourth-order valence-electron chi connectivity index (χ4n) is 2.90. The fourth-order valence-corrected chi connectivity index (χ4v) is 2.90. The van der Waals surface area contributed by atoms with Gasteiger partial charge in [-0.25, -0.2) is 0 Å². The SMILES string of the molecule is CCCCCCCCC(Oc1ccc(C(=O)CCCCC)cc1)C(=O)[O-].[Na+]. The van der Waals surface area contributed by atoms with Crippen LogP contribution in [-0.4, -0.2) is 17.9 Å². The minimum absolute atomic E-state index is 0. The number of aliphatic carboxylic acids is 1. The number of hydrogen-bond donors (Lipinski definition) is 0. The van der Waals surface area contributed by atoms with E-state index in [1.807, 2.05) is 0 Å². The Bertz CT molecular complexity index is 528. The second kappa shape index (κ2) is 16.1. The third-order valence-electron chi connectivity index (χ3n) is 4.54. The molecule has 5 heteroatoms. The Balaban J connectivity index is 0.00000676. The summed E-state index contributed by atoms with van der Waals surface area (Å²) in [5, 5.41) is 11.3. The Kier molecular flexibility index (Phi) is 15.6. The summed E-state index contributed by atoms with van der Waals surface area (Å²) in [6.45, 7) is 4.28. The van der Waals surface area contributed by atoms with Crippen LogP contribution in [0.1, 0.15) is 94.8 Å². The van der Waals surface area contributed by atoms with E-state index in [1.54, 1.807) is 24.3 Å². The molecule has 0 aliphatic heterocycles. The Labute approximate surface area is 186 Å². The van der Waals surface area contributed by atoms with Crippen LogP contribution in [-0.2, 0) is 4.79 Å². The second-order valence-electron chi connectivity index (χ2n) is 6.89. The minimum atomic E-state index is -1.18. The number of unbranched alkanes of at least 4 members (excludes halogenated alkanes) is 7. The normalized spacial score (nSPS) is 11.5. The molecule has 0 radical (unpaired) electrons. The van der Waals surface area contributed by atoms with Gasteiger partial charge < -0.3 is 14.6 Å². The van der Waals surface area contributed by atoms with Gasteiger partial charge in [-0.3, -0.25) is 4.79 Å². The van der Waals surface area contributed by atoms with Gasteiger partial charge in [0.05, 0.1) is 5.97 Å². The average Bonchev–Trinajstić information content (AvgIpc) is 2.64. The first-order valence-electron chi connectivity index (χ1n) is 10.1. The summed E-state index contributed by atoms with van der Waals surface area (Å²) in [7, 11) is 0. The van der Waals surface area contributed by atoms with Crippen LogP contribution in [0.4, 0.5) is 0 Å². The third-order valence-corrected chi connectivity index (χ3v) is 4.54. The molecule has 1 aromatic carbocycles. The van der Waals surface area contributed by atoms with E-state index in [0.29, 0.717) is 24.2 Å². The minimum Gasteiger partial charge on any atom is -0.546 e. The molecule has 0 aliphatic rings. The zero-order valence-electron chi connectivity index (χ0n) is 17.3.